The number of nitrogens with one attached hydrogen (secondary N) is 1. The Kier molecular flexibility index (Phi) is 3.50. The van der Waals surface area contributed by atoms with Gasteiger partial charge in [0.1, 0.15) is 0 Å². The molecule has 0 spiro atoms. The zero-order valence-electron chi connectivity index (χ0n) is 11.5. The van der Waals surface area contributed by atoms with Crippen LogP contribution in [0.1, 0.15) is 0 Å². The van der Waals surface area contributed by atoms with Gasteiger partial charge in [-0.3, -0.25) is 0 Å². The van der Waals surface area contributed by atoms with Crippen molar-refractivity contribution in [1.29, 1.82) is 0 Å². The van der Waals surface area contributed by atoms with Crippen molar-refractivity contribution in [2.75, 3.05) is 6.54 Å². The molecule has 3 rings (SSSR count). The Morgan fingerprint density at radius 3 is 2.14 bits per heavy atom. The van der Waals surface area contributed by atoms with Crippen molar-refractivity contribution in [3.05, 3.63) is 48.5 Å². The Labute approximate surface area is 122 Å². The predicted octanol–water partition coefficient (Wildman–Crippen LogP) is 1.82. The number of hydrogen-bond donors (Lipinski definition) is 3. The Bertz CT molecular complexity index is 741. The molecule has 1 unspecified atom stereocenters. The van der Waals surface area contributed by atoms with Crippen LogP contribution in [0, 0.1) is 0 Å². The topological polar surface area (TPSA) is 80.3 Å². The molecule has 0 radical (unpaired) electrons. The summed E-state index contributed by atoms with van der Waals surface area (Å²) in [7, 11) is 0. The zero-order valence-corrected chi connectivity index (χ0v) is 11.5. The number of nitrogens with zero attached hydrogens (tertiary/aromatic N) is 1. The van der Waals surface area contributed by atoms with Gasteiger partial charge in [0.05, 0.1) is 12.6 Å². The maximum Gasteiger partial charge on any atom is 0.312 e. The van der Waals surface area contributed by atoms with Crippen LogP contribution in [-0.4, -0.2) is 28.4 Å². The highest BCUT2D eigenvalue weighted by Gasteiger charge is 2.13. The van der Waals surface area contributed by atoms with Crippen LogP contribution in [0.5, 0.6) is 0 Å². The summed E-state index contributed by atoms with van der Waals surface area (Å²) in [6.07, 6.45) is -0.697. The second kappa shape index (κ2) is 5.46. The Balaban J connectivity index is 2.01. The van der Waals surface area contributed by atoms with Gasteiger partial charge in [-0.25, -0.2) is 4.79 Å². The molecule has 1 heterocycles. The van der Waals surface area contributed by atoms with Gasteiger partial charge < -0.3 is 20.7 Å². The van der Waals surface area contributed by atoms with E-state index in [4.69, 9.17) is 5.73 Å². The van der Waals surface area contributed by atoms with Crippen molar-refractivity contribution >= 4 is 27.8 Å². The van der Waals surface area contributed by atoms with Crippen LogP contribution >= 0.6 is 0 Å². The molecule has 0 saturated heterocycles. The van der Waals surface area contributed by atoms with Gasteiger partial charge in [0.15, 0.2) is 0 Å². The van der Waals surface area contributed by atoms with Crippen molar-refractivity contribution in [2.24, 2.45) is 5.73 Å². The number of urea groups is 1. The average Bonchev–Trinajstić information content (AvgIpc) is 2.80. The number of aliphatic hydroxyl groups excluding tert-OH is 1. The number of nitrogens with two attached hydrogens (primary N) is 1. The van der Waals surface area contributed by atoms with Gasteiger partial charge in [-0.2, -0.15) is 0 Å². The minimum absolute atomic E-state index is 0.135. The van der Waals surface area contributed by atoms with Crippen LogP contribution in [-0.2, 0) is 6.54 Å². The van der Waals surface area contributed by atoms with Crippen molar-refractivity contribution < 1.29 is 9.90 Å². The number of primary amides is 1. The summed E-state index contributed by atoms with van der Waals surface area (Å²) in [5.41, 5.74) is 7.16. The fourth-order valence-electron chi connectivity index (χ4n) is 2.69. The number of carbonyl (C=O) groups is 1. The lowest BCUT2D eigenvalue weighted by Crippen LogP contribution is -2.37. The van der Waals surface area contributed by atoms with Gasteiger partial charge in [-0.1, -0.05) is 36.4 Å². The van der Waals surface area contributed by atoms with Gasteiger partial charge in [-0.15, -0.1) is 0 Å². The molecule has 0 fully saturated rings. The Hall–Kier alpha value is -2.53. The van der Waals surface area contributed by atoms with Gasteiger partial charge in [0.25, 0.3) is 0 Å². The Morgan fingerprint density at radius 1 is 1.10 bits per heavy atom. The molecule has 1 aromatic heterocycles. The second-order valence-corrected chi connectivity index (χ2v) is 5.04. The fourth-order valence-corrected chi connectivity index (χ4v) is 2.69. The van der Waals surface area contributed by atoms with Crippen molar-refractivity contribution in [2.45, 2.75) is 12.6 Å². The highest BCUT2D eigenvalue weighted by atomic mass is 16.3. The fraction of sp³-hybridized carbons (Fsp3) is 0.188. The van der Waals surface area contributed by atoms with Crippen molar-refractivity contribution in [3.8, 4) is 0 Å². The first-order chi connectivity index (χ1) is 10.2. The standard InChI is InChI=1S/C16H17N3O2/c17-16(21)18-9-11(20)10-19-14-7-3-1-5-12(14)13-6-2-4-8-15(13)19/h1-8,11,20H,9-10H2,(H3,17,18,21). The van der Waals surface area contributed by atoms with Gasteiger partial charge in [-0.05, 0) is 12.1 Å². The SMILES string of the molecule is NC(=O)NCC(O)Cn1c2ccccc2c2ccccc21. The predicted molar refractivity (Wildman–Crippen MR) is 83.0 cm³/mol. The monoisotopic (exact) mass is 283 g/mol. The van der Waals surface area contributed by atoms with Crippen LogP contribution in [0.3, 0.4) is 0 Å². The van der Waals surface area contributed by atoms with Crippen LogP contribution < -0.4 is 11.1 Å². The number of aromatic nitrogens is 1. The summed E-state index contributed by atoms with van der Waals surface area (Å²) < 4.78 is 2.07. The second-order valence-electron chi connectivity index (χ2n) is 5.04. The van der Waals surface area contributed by atoms with E-state index in [1.54, 1.807) is 0 Å². The molecule has 2 amide bonds. The molecule has 0 aliphatic heterocycles. The molecule has 5 heteroatoms. The number of rotatable bonds is 4. The molecule has 4 N–H and O–H groups in total. The molecule has 0 saturated carbocycles. The maximum absolute atomic E-state index is 10.7. The van der Waals surface area contributed by atoms with E-state index in [0.717, 1.165) is 21.8 Å². The summed E-state index contributed by atoms with van der Waals surface area (Å²) in [4.78, 5) is 10.7. The first-order valence-electron chi connectivity index (χ1n) is 6.84. The number of fused-ring (bicyclic) bond motifs is 3. The number of carbonyl (C=O) groups excluding carboxylic acids is 1. The third kappa shape index (κ3) is 2.55. The van der Waals surface area contributed by atoms with Crippen LogP contribution in [0.2, 0.25) is 0 Å². The molecular formula is C16H17N3O2. The van der Waals surface area contributed by atoms with Crippen LogP contribution in [0.4, 0.5) is 4.79 Å². The van der Waals surface area contributed by atoms with E-state index in [0.29, 0.717) is 6.54 Å². The third-order valence-electron chi connectivity index (χ3n) is 3.59. The number of benzene rings is 2. The minimum atomic E-state index is -0.697. The molecule has 5 nitrogen and oxygen atoms in total. The van der Waals surface area contributed by atoms with E-state index in [9.17, 15) is 9.90 Å². The lowest BCUT2D eigenvalue weighted by molar-refractivity contribution is 0.155. The highest BCUT2D eigenvalue weighted by Crippen LogP contribution is 2.28. The van der Waals surface area contributed by atoms with Gasteiger partial charge >= 0.3 is 6.03 Å². The first kappa shape index (κ1) is 13.5. The lowest BCUT2D eigenvalue weighted by Gasteiger charge is -2.14. The van der Waals surface area contributed by atoms with E-state index in [1.165, 1.54) is 0 Å². The molecule has 0 aliphatic rings. The summed E-state index contributed by atoms with van der Waals surface area (Å²) in [5, 5.41) is 14.8. The molecule has 0 aliphatic carbocycles. The quantitative estimate of drug-likeness (QED) is 0.683. The molecule has 108 valence electrons. The largest absolute Gasteiger partial charge is 0.389 e. The van der Waals surface area contributed by atoms with Crippen LogP contribution in [0.15, 0.2) is 48.5 Å². The summed E-state index contributed by atoms with van der Waals surface area (Å²) in [6.45, 7) is 0.532. The molecule has 1 atom stereocenters. The van der Waals surface area contributed by atoms with E-state index in [1.807, 2.05) is 36.4 Å². The number of hydrogen-bond acceptors (Lipinski definition) is 2. The molecule has 2 aromatic carbocycles. The van der Waals surface area contributed by atoms with Gasteiger partial charge in [0, 0.05) is 28.4 Å². The minimum Gasteiger partial charge on any atom is -0.389 e. The van der Waals surface area contributed by atoms with E-state index < -0.39 is 12.1 Å². The number of amides is 2. The van der Waals surface area contributed by atoms with E-state index in [-0.39, 0.29) is 6.54 Å². The van der Waals surface area contributed by atoms with Crippen LogP contribution in [0.25, 0.3) is 21.8 Å². The van der Waals surface area contributed by atoms with Crippen molar-refractivity contribution in [3.63, 3.8) is 0 Å². The van der Waals surface area contributed by atoms with E-state index in [2.05, 4.69) is 22.0 Å². The maximum atomic E-state index is 10.7. The third-order valence-corrected chi connectivity index (χ3v) is 3.59. The molecule has 3 aromatic rings. The molecular weight excluding hydrogens is 266 g/mol. The first-order valence-corrected chi connectivity index (χ1v) is 6.84. The highest BCUT2D eigenvalue weighted by molar-refractivity contribution is 6.07. The Morgan fingerprint density at radius 2 is 1.62 bits per heavy atom. The molecule has 21 heavy (non-hydrogen) atoms. The normalized spacial score (nSPS) is 12.6. The van der Waals surface area contributed by atoms with Gasteiger partial charge in [0.2, 0.25) is 0 Å². The summed E-state index contributed by atoms with van der Waals surface area (Å²) in [5.74, 6) is 0. The van der Waals surface area contributed by atoms with E-state index >= 15 is 0 Å². The molecule has 0 bridgehead atoms. The average molecular weight is 283 g/mol. The zero-order chi connectivity index (χ0) is 14.8. The number of aliphatic hydroxyl groups is 1. The van der Waals surface area contributed by atoms with Crippen molar-refractivity contribution in [1.82, 2.24) is 9.88 Å². The lowest BCUT2D eigenvalue weighted by atomic mass is 10.2. The smallest absolute Gasteiger partial charge is 0.312 e. The number of para-hydroxylation sites is 2. The summed E-state index contributed by atoms with van der Waals surface area (Å²) >= 11 is 0. The summed E-state index contributed by atoms with van der Waals surface area (Å²) in [6, 6.07) is 15.5.